The van der Waals surface area contributed by atoms with Crippen LogP contribution in [0.25, 0.3) is 10.8 Å². The largest absolute Gasteiger partial charge is 0.387 e. The van der Waals surface area contributed by atoms with Crippen molar-refractivity contribution in [1.29, 1.82) is 0 Å². The summed E-state index contributed by atoms with van der Waals surface area (Å²) in [6, 6.07) is 24.9. The molecule has 3 aromatic rings. The van der Waals surface area contributed by atoms with E-state index in [9.17, 15) is 5.11 Å². The van der Waals surface area contributed by atoms with Crippen LogP contribution < -0.4 is 0 Å². The molecule has 0 unspecified atom stereocenters. The number of hydrogen-bond donors (Lipinski definition) is 1. The summed E-state index contributed by atoms with van der Waals surface area (Å²) in [5.74, 6) is 0. The number of aliphatic hydroxyl groups excluding tert-OH is 1. The van der Waals surface area contributed by atoms with Gasteiger partial charge in [0.1, 0.15) is 0 Å². The van der Waals surface area contributed by atoms with Crippen LogP contribution >= 0.6 is 0 Å². The second-order valence-corrected chi connectivity index (χ2v) is 9.36. The Morgan fingerprint density at radius 2 is 1.68 bits per heavy atom. The van der Waals surface area contributed by atoms with E-state index in [1.165, 1.54) is 22.0 Å². The lowest BCUT2D eigenvalue weighted by atomic mass is 9.96. The molecular weight excluding hydrogens is 382 g/mol. The minimum absolute atomic E-state index is 0.000305. The van der Waals surface area contributed by atoms with E-state index in [0.717, 1.165) is 25.1 Å². The molecule has 0 amide bonds. The number of hydrazone groups is 1. The summed E-state index contributed by atoms with van der Waals surface area (Å²) in [6.07, 6.45) is 0.406. The molecule has 0 saturated carbocycles. The lowest BCUT2D eigenvalue weighted by molar-refractivity contribution is 0.0804. The van der Waals surface area contributed by atoms with E-state index in [2.05, 4.69) is 80.2 Å². The standard InChI is InChI=1S/C27H33N3O/c1-20(26(31)22-12-6-5-7-13-22)29(4)19-24-17-27(2,3)30(28-24)18-23-15-10-14-21-11-8-9-16-25(21)23/h5-16,20,26,31H,17-19H2,1-4H3/t20-,26-/m0/s1. The summed E-state index contributed by atoms with van der Waals surface area (Å²) < 4.78 is 0. The monoisotopic (exact) mass is 415 g/mol. The van der Waals surface area contributed by atoms with Crippen LogP contribution in [0.2, 0.25) is 0 Å². The molecule has 4 rings (SSSR count). The van der Waals surface area contributed by atoms with E-state index in [1.54, 1.807) is 0 Å². The molecule has 4 heteroatoms. The average molecular weight is 416 g/mol. The molecule has 31 heavy (non-hydrogen) atoms. The van der Waals surface area contributed by atoms with Gasteiger partial charge in [-0.25, -0.2) is 0 Å². The normalized spacial score (nSPS) is 17.7. The van der Waals surface area contributed by atoms with E-state index in [0.29, 0.717) is 0 Å². The van der Waals surface area contributed by atoms with Gasteiger partial charge in [-0.1, -0.05) is 72.8 Å². The van der Waals surface area contributed by atoms with Gasteiger partial charge in [-0.05, 0) is 49.7 Å². The van der Waals surface area contributed by atoms with Crippen LogP contribution in [0.15, 0.2) is 77.9 Å². The zero-order valence-electron chi connectivity index (χ0n) is 19.0. The Balaban J connectivity index is 1.48. The molecule has 3 aromatic carbocycles. The first-order chi connectivity index (χ1) is 14.8. The molecule has 0 spiro atoms. The molecule has 0 fully saturated rings. The Morgan fingerprint density at radius 3 is 2.45 bits per heavy atom. The zero-order chi connectivity index (χ0) is 22.0. The molecule has 1 heterocycles. The van der Waals surface area contributed by atoms with Gasteiger partial charge >= 0.3 is 0 Å². The summed E-state index contributed by atoms with van der Waals surface area (Å²) in [7, 11) is 2.07. The third kappa shape index (κ3) is 4.65. The number of benzene rings is 3. The van der Waals surface area contributed by atoms with Crippen molar-refractivity contribution in [1.82, 2.24) is 9.91 Å². The van der Waals surface area contributed by atoms with Crippen molar-refractivity contribution in [2.45, 2.75) is 51.4 Å². The average Bonchev–Trinajstić information content (AvgIpc) is 3.06. The van der Waals surface area contributed by atoms with Crippen molar-refractivity contribution < 1.29 is 5.11 Å². The Labute approximate surface area is 185 Å². The number of nitrogens with zero attached hydrogens (tertiary/aromatic N) is 3. The smallest absolute Gasteiger partial charge is 0.0942 e. The van der Waals surface area contributed by atoms with Crippen LogP contribution in [0.1, 0.15) is 44.4 Å². The molecule has 0 aromatic heterocycles. The maximum absolute atomic E-state index is 10.8. The molecule has 162 valence electrons. The maximum atomic E-state index is 10.8. The quantitative estimate of drug-likeness (QED) is 0.574. The van der Waals surface area contributed by atoms with E-state index >= 15 is 0 Å². The van der Waals surface area contributed by atoms with Crippen molar-refractivity contribution in [3.05, 3.63) is 83.9 Å². The predicted molar refractivity (Wildman–Crippen MR) is 129 cm³/mol. The third-order valence-electron chi connectivity index (χ3n) is 6.52. The Morgan fingerprint density at radius 1 is 1.00 bits per heavy atom. The molecule has 1 aliphatic heterocycles. The fourth-order valence-corrected chi connectivity index (χ4v) is 4.46. The van der Waals surface area contributed by atoms with E-state index in [-0.39, 0.29) is 11.6 Å². The topological polar surface area (TPSA) is 39.1 Å². The maximum Gasteiger partial charge on any atom is 0.0942 e. The molecule has 0 saturated heterocycles. The SMILES string of the molecule is C[C@@H]([C@H](O)c1ccccc1)N(C)CC1=NN(Cc2cccc3ccccc23)C(C)(C)C1. The van der Waals surface area contributed by atoms with Gasteiger partial charge < -0.3 is 5.11 Å². The fraction of sp³-hybridized carbons (Fsp3) is 0.370. The lowest BCUT2D eigenvalue weighted by Crippen LogP contribution is -2.39. The molecule has 1 N–H and O–H groups in total. The summed E-state index contributed by atoms with van der Waals surface area (Å²) in [4.78, 5) is 2.20. The number of hydrogen-bond acceptors (Lipinski definition) is 4. The molecule has 0 radical (unpaired) electrons. The second-order valence-electron chi connectivity index (χ2n) is 9.36. The zero-order valence-corrected chi connectivity index (χ0v) is 19.0. The van der Waals surface area contributed by atoms with Crippen LogP contribution in [0.3, 0.4) is 0 Å². The highest BCUT2D eigenvalue weighted by Gasteiger charge is 2.35. The van der Waals surface area contributed by atoms with Gasteiger partial charge in [0.05, 0.1) is 23.9 Å². The van der Waals surface area contributed by atoms with E-state index in [1.807, 2.05) is 30.3 Å². The van der Waals surface area contributed by atoms with Crippen molar-refractivity contribution >= 4 is 16.5 Å². The molecule has 0 aliphatic carbocycles. The van der Waals surface area contributed by atoms with Crippen LogP contribution in [0.5, 0.6) is 0 Å². The first kappa shape index (κ1) is 21.5. The van der Waals surface area contributed by atoms with Crippen LogP contribution in [-0.2, 0) is 6.54 Å². The van der Waals surface area contributed by atoms with Gasteiger partial charge in [0, 0.05) is 19.0 Å². The third-order valence-corrected chi connectivity index (χ3v) is 6.52. The molecular formula is C27H33N3O. The highest BCUT2D eigenvalue weighted by molar-refractivity contribution is 5.89. The minimum Gasteiger partial charge on any atom is -0.387 e. The number of aliphatic hydroxyl groups is 1. The Hall–Kier alpha value is -2.69. The lowest BCUT2D eigenvalue weighted by Gasteiger charge is -2.31. The minimum atomic E-state index is -0.520. The van der Waals surface area contributed by atoms with Gasteiger partial charge in [0.2, 0.25) is 0 Å². The van der Waals surface area contributed by atoms with Crippen molar-refractivity contribution in [3.63, 3.8) is 0 Å². The van der Waals surface area contributed by atoms with Crippen molar-refractivity contribution in [2.24, 2.45) is 5.10 Å². The predicted octanol–water partition coefficient (Wildman–Crippen LogP) is 5.23. The molecule has 2 atom stereocenters. The highest BCUT2D eigenvalue weighted by Crippen LogP contribution is 2.31. The fourth-order valence-electron chi connectivity index (χ4n) is 4.46. The number of likely N-dealkylation sites (N-methyl/N-ethyl adjacent to an activating group) is 1. The van der Waals surface area contributed by atoms with E-state index < -0.39 is 6.10 Å². The van der Waals surface area contributed by atoms with Gasteiger partial charge in [0.25, 0.3) is 0 Å². The van der Waals surface area contributed by atoms with Gasteiger partial charge in [-0.15, -0.1) is 0 Å². The summed E-state index contributed by atoms with van der Waals surface area (Å²) in [5, 5.41) is 20.6. The van der Waals surface area contributed by atoms with E-state index in [4.69, 9.17) is 5.10 Å². The van der Waals surface area contributed by atoms with Gasteiger partial charge in [0.15, 0.2) is 0 Å². The van der Waals surface area contributed by atoms with Crippen LogP contribution in [-0.4, -0.2) is 45.9 Å². The van der Waals surface area contributed by atoms with Crippen molar-refractivity contribution in [3.8, 4) is 0 Å². The summed E-state index contributed by atoms with van der Waals surface area (Å²) >= 11 is 0. The first-order valence-corrected chi connectivity index (χ1v) is 11.1. The van der Waals surface area contributed by atoms with Crippen LogP contribution in [0.4, 0.5) is 0 Å². The Bertz CT molecular complexity index is 1060. The van der Waals surface area contributed by atoms with Gasteiger partial charge in [-0.3, -0.25) is 9.91 Å². The molecule has 0 bridgehead atoms. The number of fused-ring (bicyclic) bond motifs is 1. The summed E-state index contributed by atoms with van der Waals surface area (Å²) in [5.41, 5.74) is 3.39. The molecule has 4 nitrogen and oxygen atoms in total. The van der Waals surface area contributed by atoms with Crippen molar-refractivity contribution in [2.75, 3.05) is 13.6 Å². The first-order valence-electron chi connectivity index (χ1n) is 11.1. The van der Waals surface area contributed by atoms with Crippen LogP contribution in [0, 0.1) is 0 Å². The second kappa shape index (κ2) is 8.81. The number of rotatable bonds is 7. The summed E-state index contributed by atoms with van der Waals surface area (Å²) in [6.45, 7) is 8.14. The highest BCUT2D eigenvalue weighted by atomic mass is 16.3. The Kier molecular flexibility index (Phi) is 6.12. The van der Waals surface area contributed by atoms with Gasteiger partial charge in [-0.2, -0.15) is 5.10 Å². The molecule has 1 aliphatic rings.